The van der Waals surface area contributed by atoms with Gasteiger partial charge in [-0.05, 0) is 36.4 Å². The zero-order chi connectivity index (χ0) is 12.5. The Morgan fingerprint density at radius 1 is 1.28 bits per heavy atom. The number of nitrogens with zero attached hydrogens (tertiary/aromatic N) is 2. The van der Waals surface area contributed by atoms with Crippen LogP contribution in [0.25, 0.3) is 10.9 Å². The van der Waals surface area contributed by atoms with E-state index in [2.05, 4.69) is 59.2 Å². The number of rotatable bonds is 3. The Kier molecular flexibility index (Phi) is 2.92. The number of aryl methyl sites for hydroxylation is 2. The number of thiazole rings is 1. The standard InChI is InChI=1S/C15H16N2S/c1-3-15-16-13(10-18-15)9-17-7-6-12-5-4-11(2)8-14(12)17/h4-8,10H,3,9H2,1-2H3. The van der Waals surface area contributed by atoms with Gasteiger partial charge in [0.25, 0.3) is 0 Å². The Balaban J connectivity index is 1.96. The molecule has 2 nitrogen and oxygen atoms in total. The minimum atomic E-state index is 0.865. The van der Waals surface area contributed by atoms with Crippen molar-refractivity contribution in [3.63, 3.8) is 0 Å². The van der Waals surface area contributed by atoms with E-state index in [0.717, 1.165) is 18.7 Å². The molecular formula is C15H16N2S. The normalized spacial score (nSPS) is 11.2. The van der Waals surface area contributed by atoms with Gasteiger partial charge in [0.2, 0.25) is 0 Å². The first-order valence-corrected chi connectivity index (χ1v) is 7.13. The van der Waals surface area contributed by atoms with Crippen LogP contribution in [0.3, 0.4) is 0 Å². The lowest BCUT2D eigenvalue weighted by atomic mass is 10.2. The number of aromatic nitrogens is 2. The van der Waals surface area contributed by atoms with Crippen LogP contribution in [0.15, 0.2) is 35.8 Å². The van der Waals surface area contributed by atoms with Crippen LogP contribution in [0.1, 0.15) is 23.2 Å². The van der Waals surface area contributed by atoms with Gasteiger partial charge in [-0.1, -0.05) is 19.1 Å². The molecule has 3 heteroatoms. The molecule has 0 saturated carbocycles. The van der Waals surface area contributed by atoms with Gasteiger partial charge in [-0.3, -0.25) is 0 Å². The van der Waals surface area contributed by atoms with E-state index in [1.807, 2.05) is 0 Å². The van der Waals surface area contributed by atoms with Crippen LogP contribution in [0.5, 0.6) is 0 Å². The molecule has 0 aliphatic carbocycles. The molecule has 2 aromatic heterocycles. The van der Waals surface area contributed by atoms with Crippen molar-refractivity contribution < 1.29 is 0 Å². The molecule has 0 fully saturated rings. The van der Waals surface area contributed by atoms with E-state index in [4.69, 9.17) is 0 Å². The minimum absolute atomic E-state index is 0.865. The Labute approximate surface area is 111 Å². The molecule has 18 heavy (non-hydrogen) atoms. The Morgan fingerprint density at radius 2 is 2.17 bits per heavy atom. The van der Waals surface area contributed by atoms with E-state index in [9.17, 15) is 0 Å². The summed E-state index contributed by atoms with van der Waals surface area (Å²) in [7, 11) is 0. The van der Waals surface area contributed by atoms with Crippen molar-refractivity contribution in [2.24, 2.45) is 0 Å². The van der Waals surface area contributed by atoms with Crippen molar-refractivity contribution in [2.75, 3.05) is 0 Å². The van der Waals surface area contributed by atoms with Crippen LogP contribution in [0.2, 0.25) is 0 Å². The van der Waals surface area contributed by atoms with Gasteiger partial charge in [-0.15, -0.1) is 11.3 Å². The van der Waals surface area contributed by atoms with Crippen molar-refractivity contribution in [1.29, 1.82) is 0 Å². The fraction of sp³-hybridized carbons (Fsp3) is 0.267. The Hall–Kier alpha value is -1.61. The summed E-state index contributed by atoms with van der Waals surface area (Å²) in [6.45, 7) is 5.15. The van der Waals surface area contributed by atoms with Crippen LogP contribution in [-0.4, -0.2) is 9.55 Å². The average Bonchev–Trinajstić information content (AvgIpc) is 2.97. The molecular weight excluding hydrogens is 240 g/mol. The van der Waals surface area contributed by atoms with Gasteiger partial charge in [0.05, 0.1) is 17.2 Å². The van der Waals surface area contributed by atoms with Crippen LogP contribution >= 0.6 is 11.3 Å². The van der Waals surface area contributed by atoms with Gasteiger partial charge in [0.15, 0.2) is 0 Å². The number of fused-ring (bicyclic) bond motifs is 1. The molecule has 0 saturated heterocycles. The lowest BCUT2D eigenvalue weighted by molar-refractivity contribution is 0.808. The second-order valence-electron chi connectivity index (χ2n) is 4.59. The van der Waals surface area contributed by atoms with Gasteiger partial charge in [0, 0.05) is 17.1 Å². The predicted octanol–water partition coefficient (Wildman–Crippen LogP) is 4.02. The van der Waals surface area contributed by atoms with E-state index < -0.39 is 0 Å². The van der Waals surface area contributed by atoms with Crippen molar-refractivity contribution in [3.8, 4) is 0 Å². The van der Waals surface area contributed by atoms with E-state index in [0.29, 0.717) is 0 Å². The van der Waals surface area contributed by atoms with Crippen molar-refractivity contribution in [2.45, 2.75) is 26.8 Å². The van der Waals surface area contributed by atoms with Crippen molar-refractivity contribution in [3.05, 3.63) is 52.1 Å². The van der Waals surface area contributed by atoms with Gasteiger partial charge in [0.1, 0.15) is 0 Å². The van der Waals surface area contributed by atoms with Crippen LogP contribution in [0, 0.1) is 6.92 Å². The summed E-state index contributed by atoms with van der Waals surface area (Å²) >= 11 is 1.76. The summed E-state index contributed by atoms with van der Waals surface area (Å²) in [5.74, 6) is 0. The molecule has 3 aromatic rings. The third-order valence-electron chi connectivity index (χ3n) is 3.16. The maximum absolute atomic E-state index is 4.63. The van der Waals surface area contributed by atoms with Gasteiger partial charge < -0.3 is 4.57 Å². The summed E-state index contributed by atoms with van der Waals surface area (Å²) in [4.78, 5) is 4.63. The number of hydrogen-bond acceptors (Lipinski definition) is 2. The molecule has 2 heterocycles. The highest BCUT2D eigenvalue weighted by Crippen LogP contribution is 2.19. The third-order valence-corrected chi connectivity index (χ3v) is 4.21. The smallest absolute Gasteiger partial charge is 0.0926 e. The second-order valence-corrected chi connectivity index (χ2v) is 5.53. The Bertz CT molecular complexity index is 679. The molecule has 0 N–H and O–H groups in total. The van der Waals surface area contributed by atoms with E-state index in [1.165, 1.54) is 21.5 Å². The summed E-state index contributed by atoms with van der Waals surface area (Å²) in [6, 6.07) is 8.74. The molecule has 0 atom stereocenters. The maximum Gasteiger partial charge on any atom is 0.0926 e. The number of benzene rings is 1. The zero-order valence-corrected chi connectivity index (χ0v) is 11.5. The second kappa shape index (κ2) is 4.58. The maximum atomic E-state index is 4.63. The lowest BCUT2D eigenvalue weighted by Crippen LogP contribution is -1.98. The Morgan fingerprint density at radius 3 is 2.94 bits per heavy atom. The SMILES string of the molecule is CCc1nc(Cn2ccc3ccc(C)cc32)cs1. The predicted molar refractivity (Wildman–Crippen MR) is 77.3 cm³/mol. The van der Waals surface area contributed by atoms with Gasteiger partial charge in [-0.25, -0.2) is 4.98 Å². The zero-order valence-electron chi connectivity index (χ0n) is 10.7. The molecule has 3 rings (SSSR count). The molecule has 1 aromatic carbocycles. The first-order valence-electron chi connectivity index (χ1n) is 6.25. The summed E-state index contributed by atoms with van der Waals surface area (Å²) in [5.41, 5.74) is 3.76. The fourth-order valence-electron chi connectivity index (χ4n) is 2.19. The molecule has 0 amide bonds. The minimum Gasteiger partial charge on any atom is -0.341 e. The quantitative estimate of drug-likeness (QED) is 0.692. The van der Waals surface area contributed by atoms with Crippen LogP contribution < -0.4 is 0 Å². The number of hydrogen-bond donors (Lipinski definition) is 0. The van der Waals surface area contributed by atoms with Crippen LogP contribution in [0.4, 0.5) is 0 Å². The topological polar surface area (TPSA) is 17.8 Å². The molecule has 0 spiro atoms. The molecule has 92 valence electrons. The van der Waals surface area contributed by atoms with Gasteiger partial charge in [-0.2, -0.15) is 0 Å². The van der Waals surface area contributed by atoms with Crippen LogP contribution in [-0.2, 0) is 13.0 Å². The molecule has 0 unspecified atom stereocenters. The molecule has 0 aliphatic rings. The van der Waals surface area contributed by atoms with Crippen molar-refractivity contribution in [1.82, 2.24) is 9.55 Å². The highest BCUT2D eigenvalue weighted by molar-refractivity contribution is 7.09. The van der Waals surface area contributed by atoms with Gasteiger partial charge >= 0.3 is 0 Å². The summed E-state index contributed by atoms with van der Waals surface area (Å²) < 4.78 is 2.27. The third kappa shape index (κ3) is 2.06. The summed E-state index contributed by atoms with van der Waals surface area (Å²) in [6.07, 6.45) is 3.17. The average molecular weight is 256 g/mol. The van der Waals surface area contributed by atoms with Crippen molar-refractivity contribution >= 4 is 22.2 Å². The van der Waals surface area contributed by atoms with E-state index in [1.54, 1.807) is 11.3 Å². The highest BCUT2D eigenvalue weighted by atomic mass is 32.1. The lowest BCUT2D eigenvalue weighted by Gasteiger charge is -2.03. The first-order chi connectivity index (χ1) is 8.76. The molecule has 0 aliphatic heterocycles. The van der Waals surface area contributed by atoms with E-state index >= 15 is 0 Å². The van der Waals surface area contributed by atoms with E-state index in [-0.39, 0.29) is 0 Å². The monoisotopic (exact) mass is 256 g/mol. The molecule has 0 bridgehead atoms. The highest BCUT2D eigenvalue weighted by Gasteiger charge is 2.05. The first kappa shape index (κ1) is 11.5. The largest absolute Gasteiger partial charge is 0.341 e. The fourth-order valence-corrected chi connectivity index (χ4v) is 2.93. The molecule has 0 radical (unpaired) electrons. The summed E-state index contributed by atoms with van der Waals surface area (Å²) in [5, 5.41) is 4.68.